The summed E-state index contributed by atoms with van der Waals surface area (Å²) in [5.41, 5.74) is 2.69. The second kappa shape index (κ2) is 4.70. The third kappa shape index (κ3) is 1.74. The van der Waals surface area contributed by atoms with Gasteiger partial charge in [-0.2, -0.15) is 5.26 Å². The van der Waals surface area contributed by atoms with Crippen LogP contribution in [0.3, 0.4) is 0 Å². The van der Waals surface area contributed by atoms with Crippen LogP contribution in [0.1, 0.15) is 17.1 Å². The van der Waals surface area contributed by atoms with Crippen molar-refractivity contribution in [1.29, 1.82) is 5.26 Å². The SMILES string of the molecule is COc1cc2c(cc1OC)-c1c(C#N)[n+]([O-])c(C)n1CC2. The third-order valence-electron chi connectivity index (χ3n) is 3.96. The Hall–Kier alpha value is -2.68. The van der Waals surface area contributed by atoms with Crippen molar-refractivity contribution in [2.45, 2.75) is 19.9 Å². The summed E-state index contributed by atoms with van der Waals surface area (Å²) in [6.07, 6.45) is 0.781. The van der Waals surface area contributed by atoms with Gasteiger partial charge in [-0.05, 0) is 17.7 Å². The first-order valence-corrected chi connectivity index (χ1v) is 6.60. The molecule has 1 aromatic heterocycles. The first-order valence-electron chi connectivity index (χ1n) is 6.60. The third-order valence-corrected chi connectivity index (χ3v) is 3.96. The van der Waals surface area contributed by atoms with Gasteiger partial charge in [0.2, 0.25) is 0 Å². The molecule has 0 amide bonds. The summed E-state index contributed by atoms with van der Waals surface area (Å²) in [5.74, 6) is 1.77. The van der Waals surface area contributed by atoms with Gasteiger partial charge in [-0.3, -0.25) is 0 Å². The molecule has 0 saturated carbocycles. The molecule has 0 fully saturated rings. The Bertz CT molecular complexity index is 772. The number of nitrogens with zero attached hydrogens (tertiary/aromatic N) is 3. The highest BCUT2D eigenvalue weighted by molar-refractivity contribution is 5.73. The lowest BCUT2D eigenvalue weighted by molar-refractivity contribution is -0.614. The van der Waals surface area contributed by atoms with Crippen LogP contribution < -0.4 is 14.2 Å². The van der Waals surface area contributed by atoms with Crippen molar-refractivity contribution >= 4 is 0 Å². The topological polar surface area (TPSA) is 74.1 Å². The molecule has 1 aliphatic rings. The van der Waals surface area contributed by atoms with Gasteiger partial charge in [0.25, 0.3) is 11.5 Å². The lowest BCUT2D eigenvalue weighted by Gasteiger charge is -2.18. The van der Waals surface area contributed by atoms with Gasteiger partial charge >= 0.3 is 0 Å². The van der Waals surface area contributed by atoms with E-state index < -0.39 is 0 Å². The minimum atomic E-state index is 0.126. The van der Waals surface area contributed by atoms with E-state index in [0.29, 0.717) is 34.3 Å². The fourth-order valence-corrected chi connectivity index (χ4v) is 2.88. The molecule has 0 saturated heterocycles. The summed E-state index contributed by atoms with van der Waals surface area (Å²) in [7, 11) is 3.16. The van der Waals surface area contributed by atoms with E-state index in [2.05, 4.69) is 0 Å². The van der Waals surface area contributed by atoms with Crippen LogP contribution in [0.5, 0.6) is 11.5 Å². The molecular weight excluding hydrogens is 270 g/mol. The highest BCUT2D eigenvalue weighted by Gasteiger charge is 2.32. The second-order valence-corrected chi connectivity index (χ2v) is 4.92. The molecule has 1 aliphatic heterocycles. The number of aryl methyl sites for hydroxylation is 1. The summed E-state index contributed by atoms with van der Waals surface area (Å²) in [5, 5.41) is 21.4. The highest BCUT2D eigenvalue weighted by atomic mass is 16.5. The van der Waals surface area contributed by atoms with Gasteiger partial charge in [-0.25, -0.2) is 9.30 Å². The van der Waals surface area contributed by atoms with Crippen molar-refractivity contribution < 1.29 is 14.2 Å². The van der Waals surface area contributed by atoms with E-state index in [0.717, 1.165) is 17.5 Å². The molecule has 2 aromatic rings. The average molecular weight is 285 g/mol. The van der Waals surface area contributed by atoms with Crippen LogP contribution in [-0.4, -0.2) is 18.8 Å². The zero-order valence-electron chi connectivity index (χ0n) is 12.1. The number of methoxy groups -OCH3 is 2. The molecule has 0 N–H and O–H groups in total. The monoisotopic (exact) mass is 285 g/mol. The number of hydrogen-bond donors (Lipinski definition) is 0. The van der Waals surface area contributed by atoms with E-state index in [-0.39, 0.29) is 5.69 Å². The summed E-state index contributed by atoms with van der Waals surface area (Å²) in [4.78, 5) is 0. The summed E-state index contributed by atoms with van der Waals surface area (Å²) >= 11 is 0. The number of fused-ring (bicyclic) bond motifs is 3. The number of ether oxygens (including phenoxy) is 2. The predicted molar refractivity (Wildman–Crippen MR) is 75.1 cm³/mol. The normalized spacial score (nSPS) is 12.3. The molecule has 6 nitrogen and oxygen atoms in total. The van der Waals surface area contributed by atoms with Crippen LogP contribution in [0.4, 0.5) is 0 Å². The Balaban J connectivity index is 2.32. The van der Waals surface area contributed by atoms with Gasteiger partial charge in [-0.1, -0.05) is 0 Å². The average Bonchev–Trinajstić information content (AvgIpc) is 2.77. The van der Waals surface area contributed by atoms with Gasteiger partial charge in [0.15, 0.2) is 17.2 Å². The van der Waals surface area contributed by atoms with Crippen LogP contribution in [0.2, 0.25) is 0 Å². The zero-order valence-corrected chi connectivity index (χ0v) is 12.1. The summed E-state index contributed by atoms with van der Waals surface area (Å²) < 4.78 is 13.2. The van der Waals surface area contributed by atoms with Crippen molar-refractivity contribution in [3.05, 3.63) is 34.4 Å². The number of benzene rings is 1. The second-order valence-electron chi connectivity index (χ2n) is 4.92. The Morgan fingerprint density at radius 3 is 2.57 bits per heavy atom. The van der Waals surface area contributed by atoms with Crippen molar-refractivity contribution in [1.82, 2.24) is 4.57 Å². The Kier molecular flexibility index (Phi) is 2.98. The molecule has 0 unspecified atom stereocenters. The van der Waals surface area contributed by atoms with E-state index in [1.165, 1.54) is 0 Å². The maximum Gasteiger partial charge on any atom is 0.257 e. The maximum atomic E-state index is 12.1. The smallest absolute Gasteiger partial charge is 0.257 e. The van der Waals surface area contributed by atoms with Gasteiger partial charge in [0, 0.05) is 18.9 Å². The molecule has 0 radical (unpaired) electrons. The number of rotatable bonds is 2. The van der Waals surface area contributed by atoms with E-state index in [9.17, 15) is 10.5 Å². The Labute approximate surface area is 122 Å². The molecule has 0 bridgehead atoms. The first-order chi connectivity index (χ1) is 10.1. The molecule has 0 atom stereocenters. The lowest BCUT2D eigenvalue weighted by atomic mass is 9.96. The van der Waals surface area contributed by atoms with Gasteiger partial charge in [0.05, 0.1) is 20.8 Å². The molecule has 108 valence electrons. The van der Waals surface area contributed by atoms with E-state index in [4.69, 9.17) is 9.47 Å². The molecule has 1 aromatic carbocycles. The molecule has 21 heavy (non-hydrogen) atoms. The fraction of sp³-hybridized carbons (Fsp3) is 0.333. The van der Waals surface area contributed by atoms with Crippen LogP contribution in [-0.2, 0) is 13.0 Å². The Morgan fingerprint density at radius 2 is 1.95 bits per heavy atom. The van der Waals surface area contributed by atoms with Crippen LogP contribution in [0.15, 0.2) is 12.1 Å². The Morgan fingerprint density at radius 1 is 1.29 bits per heavy atom. The quantitative estimate of drug-likeness (QED) is 0.619. The van der Waals surface area contributed by atoms with Crippen molar-refractivity contribution in [3.63, 3.8) is 0 Å². The zero-order chi connectivity index (χ0) is 15.1. The van der Waals surface area contributed by atoms with Gasteiger partial charge < -0.3 is 14.7 Å². The molecule has 6 heteroatoms. The highest BCUT2D eigenvalue weighted by Crippen LogP contribution is 2.39. The van der Waals surface area contributed by atoms with E-state index in [1.54, 1.807) is 21.1 Å². The molecular formula is C15H15N3O3. The van der Waals surface area contributed by atoms with Crippen molar-refractivity contribution in [3.8, 4) is 28.8 Å². The minimum Gasteiger partial charge on any atom is -0.710 e. The predicted octanol–water partition coefficient (Wildman–Crippen LogP) is 1.54. The molecule has 3 rings (SSSR count). The van der Waals surface area contributed by atoms with E-state index in [1.807, 2.05) is 22.8 Å². The standard InChI is InChI=1S/C15H15N3O3/c1-9-17-5-4-10-6-13(20-2)14(21-3)7-11(10)15(17)12(8-16)18(9)19/h6-7H,4-5H2,1-3H3. The molecule has 2 heterocycles. The number of aromatic nitrogens is 2. The number of hydrogen-bond acceptors (Lipinski definition) is 4. The number of nitriles is 1. The first kappa shape index (κ1) is 13.3. The molecule has 0 aliphatic carbocycles. The van der Waals surface area contributed by atoms with Gasteiger partial charge in [0.1, 0.15) is 6.07 Å². The van der Waals surface area contributed by atoms with Crippen LogP contribution in [0, 0.1) is 23.5 Å². The van der Waals surface area contributed by atoms with Crippen molar-refractivity contribution in [2.24, 2.45) is 0 Å². The summed E-state index contributed by atoms with van der Waals surface area (Å²) in [6.45, 7) is 2.40. The van der Waals surface area contributed by atoms with Crippen LogP contribution >= 0.6 is 0 Å². The van der Waals surface area contributed by atoms with Gasteiger partial charge in [-0.15, -0.1) is 0 Å². The number of imidazole rings is 1. The maximum absolute atomic E-state index is 12.1. The summed E-state index contributed by atoms with van der Waals surface area (Å²) in [6, 6.07) is 5.75. The van der Waals surface area contributed by atoms with E-state index >= 15 is 0 Å². The molecule has 0 spiro atoms. The fourth-order valence-electron chi connectivity index (χ4n) is 2.88. The minimum absolute atomic E-state index is 0.126. The van der Waals surface area contributed by atoms with Crippen LogP contribution in [0.25, 0.3) is 11.3 Å². The van der Waals surface area contributed by atoms with Crippen molar-refractivity contribution in [2.75, 3.05) is 14.2 Å². The largest absolute Gasteiger partial charge is 0.710 e. The lowest BCUT2D eigenvalue weighted by Crippen LogP contribution is -2.31.